The average molecular weight is 473 g/mol. The Morgan fingerprint density at radius 2 is 1.76 bits per heavy atom. The largest absolute Gasteiger partial charge is 0.493 e. The molecule has 3 aromatic rings. The summed E-state index contributed by atoms with van der Waals surface area (Å²) in [7, 11) is 5.01. The Balaban J connectivity index is 2.13. The molecule has 0 radical (unpaired) electrons. The van der Waals surface area contributed by atoms with Gasteiger partial charge in [-0.15, -0.1) is 0 Å². The van der Waals surface area contributed by atoms with Crippen LogP contribution in [0.25, 0.3) is 22.4 Å². The number of alkyl halides is 3. The lowest BCUT2D eigenvalue weighted by molar-refractivity contribution is -0.138. The van der Waals surface area contributed by atoms with Gasteiger partial charge >= 0.3 is 12.1 Å². The van der Waals surface area contributed by atoms with Crippen LogP contribution in [-0.2, 0) is 10.9 Å². The molecule has 0 saturated heterocycles. The molecule has 2 aromatic carbocycles. The number of aryl methyl sites for hydroxylation is 1. The zero-order valence-electron chi connectivity index (χ0n) is 19.6. The first-order valence-corrected chi connectivity index (χ1v) is 10.8. The molecule has 0 amide bonds. The van der Waals surface area contributed by atoms with Crippen molar-refractivity contribution in [2.75, 3.05) is 34.4 Å². The van der Waals surface area contributed by atoms with Gasteiger partial charge in [0.2, 0.25) is 0 Å². The third-order valence-electron chi connectivity index (χ3n) is 5.29. The molecule has 0 saturated carbocycles. The Hall–Kier alpha value is -3.39. The Morgan fingerprint density at radius 3 is 2.41 bits per heavy atom. The predicted molar refractivity (Wildman–Crippen MR) is 125 cm³/mol. The van der Waals surface area contributed by atoms with E-state index in [2.05, 4.69) is 4.98 Å². The van der Waals surface area contributed by atoms with Gasteiger partial charge in [-0.25, -0.2) is 9.78 Å². The zero-order chi connectivity index (χ0) is 24.9. The number of halogens is 3. The maximum absolute atomic E-state index is 13.7. The van der Waals surface area contributed by atoms with Gasteiger partial charge in [0.15, 0.2) is 0 Å². The second-order valence-electron chi connectivity index (χ2n) is 8.11. The third kappa shape index (κ3) is 5.94. The third-order valence-corrected chi connectivity index (χ3v) is 5.29. The van der Waals surface area contributed by atoms with Gasteiger partial charge in [0, 0.05) is 17.7 Å². The fraction of sp³-hybridized carbons (Fsp3) is 0.308. The zero-order valence-corrected chi connectivity index (χ0v) is 19.6. The van der Waals surface area contributed by atoms with Crippen LogP contribution >= 0.6 is 0 Å². The molecule has 1 aromatic heterocycles. The van der Waals surface area contributed by atoms with Crippen molar-refractivity contribution in [3.63, 3.8) is 0 Å². The maximum Gasteiger partial charge on any atom is 0.419 e. The van der Waals surface area contributed by atoms with Crippen molar-refractivity contribution in [2.24, 2.45) is 0 Å². The van der Waals surface area contributed by atoms with Crippen molar-refractivity contribution < 1.29 is 27.4 Å². The van der Waals surface area contributed by atoms with Crippen LogP contribution in [0.2, 0.25) is 0 Å². The molecular weight excluding hydrogens is 445 g/mol. The lowest BCUT2D eigenvalue weighted by atomic mass is 9.95. The summed E-state index contributed by atoms with van der Waals surface area (Å²) in [4.78, 5) is 18.5. The molecule has 34 heavy (non-hydrogen) atoms. The van der Waals surface area contributed by atoms with Gasteiger partial charge in [-0.1, -0.05) is 30.3 Å². The van der Waals surface area contributed by atoms with Gasteiger partial charge in [0.05, 0.1) is 25.0 Å². The molecule has 1 heterocycles. The number of carbonyl (C=O) groups is 1. The Labute approximate surface area is 197 Å². The number of methoxy groups -OCH3 is 1. The smallest absolute Gasteiger partial charge is 0.419 e. The molecule has 0 fully saturated rings. The molecule has 0 spiro atoms. The first kappa shape index (κ1) is 25.2. The minimum Gasteiger partial charge on any atom is -0.493 e. The number of esters is 1. The van der Waals surface area contributed by atoms with Gasteiger partial charge in [-0.2, -0.15) is 13.2 Å². The minimum atomic E-state index is -4.57. The van der Waals surface area contributed by atoms with Crippen molar-refractivity contribution in [1.29, 1.82) is 0 Å². The van der Waals surface area contributed by atoms with E-state index in [-0.39, 0.29) is 18.1 Å². The average Bonchev–Trinajstić information content (AvgIpc) is 2.80. The molecular formula is C26H27F3N2O3. The predicted octanol–water partition coefficient (Wildman–Crippen LogP) is 5.86. The number of hydrogen-bond acceptors (Lipinski definition) is 5. The topological polar surface area (TPSA) is 51.7 Å². The Bertz CT molecular complexity index is 1160. The highest BCUT2D eigenvalue weighted by Crippen LogP contribution is 2.40. The number of carbonyl (C=O) groups excluding carboxylic acids is 1. The van der Waals surface area contributed by atoms with E-state index < -0.39 is 17.7 Å². The lowest BCUT2D eigenvalue weighted by Gasteiger charge is -2.18. The Kier molecular flexibility index (Phi) is 7.94. The van der Waals surface area contributed by atoms with Crippen LogP contribution in [0, 0.1) is 6.92 Å². The summed E-state index contributed by atoms with van der Waals surface area (Å²) < 4.78 is 51.4. The molecule has 0 atom stereocenters. The monoisotopic (exact) mass is 472 g/mol. The summed E-state index contributed by atoms with van der Waals surface area (Å²) in [6, 6.07) is 14.5. The number of aromatic nitrogens is 1. The first-order valence-electron chi connectivity index (χ1n) is 10.8. The van der Waals surface area contributed by atoms with Gasteiger partial charge in [-0.05, 0) is 62.8 Å². The van der Waals surface area contributed by atoms with E-state index in [0.29, 0.717) is 29.8 Å². The van der Waals surface area contributed by atoms with Crippen molar-refractivity contribution in [3.8, 4) is 28.1 Å². The van der Waals surface area contributed by atoms with E-state index in [4.69, 9.17) is 9.47 Å². The summed E-state index contributed by atoms with van der Waals surface area (Å²) in [5, 5.41) is 0. The molecule has 0 N–H and O–H groups in total. The van der Waals surface area contributed by atoms with Crippen molar-refractivity contribution in [2.45, 2.75) is 19.5 Å². The van der Waals surface area contributed by atoms with Crippen LogP contribution in [0.1, 0.15) is 28.0 Å². The quantitative estimate of drug-likeness (QED) is 0.304. The second kappa shape index (κ2) is 10.7. The first-order chi connectivity index (χ1) is 16.1. The summed E-state index contributed by atoms with van der Waals surface area (Å²) in [6.45, 7) is 2.74. The normalized spacial score (nSPS) is 11.5. The number of hydrogen-bond donors (Lipinski definition) is 0. The van der Waals surface area contributed by atoms with Crippen LogP contribution < -0.4 is 4.74 Å². The van der Waals surface area contributed by atoms with Crippen molar-refractivity contribution >= 4 is 5.97 Å². The fourth-order valence-electron chi connectivity index (χ4n) is 3.58. The summed E-state index contributed by atoms with van der Waals surface area (Å²) >= 11 is 0. The fourth-order valence-corrected chi connectivity index (χ4v) is 3.58. The van der Waals surface area contributed by atoms with Crippen LogP contribution in [0.4, 0.5) is 13.2 Å². The van der Waals surface area contributed by atoms with Gasteiger partial charge < -0.3 is 14.4 Å². The van der Waals surface area contributed by atoms with Crippen molar-refractivity contribution in [3.05, 3.63) is 71.4 Å². The molecule has 8 heteroatoms. The molecule has 180 valence electrons. The summed E-state index contributed by atoms with van der Waals surface area (Å²) in [5.41, 5.74) is 2.47. The SMILES string of the molecule is COC(=O)c1ccc(-c2ccccc2C)c(-c2ccc(C(F)(F)F)c(OCCCN(C)C)c2)n1. The molecule has 0 aliphatic carbocycles. The highest BCUT2D eigenvalue weighted by Gasteiger charge is 2.34. The lowest BCUT2D eigenvalue weighted by Crippen LogP contribution is -2.16. The minimum absolute atomic E-state index is 0.0585. The van der Waals surface area contributed by atoms with E-state index in [1.165, 1.54) is 19.2 Å². The number of pyridine rings is 1. The number of nitrogens with zero attached hydrogens (tertiary/aromatic N) is 2. The standard InChI is InChI=1S/C26H27F3N2O3/c1-17-8-5-6-9-19(17)20-11-13-22(25(32)33-4)30-24(20)18-10-12-21(26(27,28)29)23(16-18)34-15-7-14-31(2)3/h5-6,8-13,16H,7,14-15H2,1-4H3. The van der Waals surface area contributed by atoms with Gasteiger partial charge in [0.1, 0.15) is 11.4 Å². The highest BCUT2D eigenvalue weighted by atomic mass is 19.4. The van der Waals surface area contributed by atoms with Crippen LogP contribution in [0.5, 0.6) is 5.75 Å². The van der Waals surface area contributed by atoms with Crippen LogP contribution in [0.3, 0.4) is 0 Å². The highest BCUT2D eigenvalue weighted by molar-refractivity contribution is 5.91. The summed E-state index contributed by atoms with van der Waals surface area (Å²) in [6.07, 6.45) is -4.01. The van der Waals surface area contributed by atoms with E-state index in [0.717, 1.165) is 17.2 Å². The van der Waals surface area contributed by atoms with E-state index in [1.54, 1.807) is 12.1 Å². The van der Waals surface area contributed by atoms with Gasteiger partial charge in [0.25, 0.3) is 0 Å². The van der Waals surface area contributed by atoms with Crippen LogP contribution in [-0.4, -0.2) is 50.2 Å². The molecule has 0 aliphatic rings. The number of rotatable bonds is 8. The van der Waals surface area contributed by atoms with E-state index in [1.807, 2.05) is 50.2 Å². The second-order valence-corrected chi connectivity index (χ2v) is 8.11. The molecule has 0 unspecified atom stereocenters. The molecule has 0 bridgehead atoms. The maximum atomic E-state index is 13.7. The molecule has 0 aliphatic heterocycles. The number of ether oxygens (including phenoxy) is 2. The van der Waals surface area contributed by atoms with Crippen molar-refractivity contribution in [1.82, 2.24) is 9.88 Å². The van der Waals surface area contributed by atoms with Crippen LogP contribution in [0.15, 0.2) is 54.6 Å². The molecule has 3 rings (SSSR count). The summed E-state index contributed by atoms with van der Waals surface area (Å²) in [5.74, 6) is -0.908. The van der Waals surface area contributed by atoms with E-state index in [9.17, 15) is 18.0 Å². The Morgan fingerprint density at radius 1 is 1.03 bits per heavy atom. The van der Waals surface area contributed by atoms with Gasteiger partial charge in [-0.3, -0.25) is 0 Å². The van der Waals surface area contributed by atoms with E-state index >= 15 is 0 Å². The number of benzene rings is 2. The molecule has 5 nitrogen and oxygen atoms in total.